The third-order valence-corrected chi connectivity index (χ3v) is 7.75. The second kappa shape index (κ2) is 10.1. The molecule has 1 aliphatic heterocycles. The normalized spacial score (nSPS) is 17.0. The Morgan fingerprint density at radius 2 is 1.74 bits per heavy atom. The van der Waals surface area contributed by atoms with Gasteiger partial charge in [0.05, 0.1) is 5.56 Å². The lowest BCUT2D eigenvalue weighted by Crippen LogP contribution is -2.32. The van der Waals surface area contributed by atoms with Crippen molar-refractivity contribution in [1.82, 2.24) is 9.97 Å². The van der Waals surface area contributed by atoms with Crippen LogP contribution in [0.25, 0.3) is 0 Å². The molecule has 2 heterocycles. The average Bonchev–Trinajstić information content (AvgIpc) is 2.88. The summed E-state index contributed by atoms with van der Waals surface area (Å²) in [5, 5.41) is 3.94. The molecule has 0 amide bonds. The molecule has 0 bridgehead atoms. The molecule has 0 saturated heterocycles. The van der Waals surface area contributed by atoms with Crippen molar-refractivity contribution in [2.75, 3.05) is 23.3 Å². The summed E-state index contributed by atoms with van der Waals surface area (Å²) in [6.07, 6.45) is 2.11. The van der Waals surface area contributed by atoms with E-state index < -0.39 is 5.92 Å². The van der Waals surface area contributed by atoms with Crippen LogP contribution in [0, 0.1) is 0 Å². The largest absolute Gasteiger partial charge is 0.372 e. The Labute approximate surface area is 209 Å². The maximum Gasteiger partial charge on any atom is 0.257 e. The molecule has 1 aromatic heterocycles. The maximum absolute atomic E-state index is 13.4. The van der Waals surface area contributed by atoms with E-state index in [1.807, 2.05) is 18.2 Å². The number of rotatable bonds is 7. The van der Waals surface area contributed by atoms with Crippen LogP contribution in [-0.4, -0.2) is 28.8 Å². The SMILES string of the molecule is CCN(CC)c1ccc(C2C3=C(CCCC3=O)Nc3nc(SCc4ccccc4)[nH]c(=O)c32)cc1. The number of allylic oxidation sites excluding steroid dienone is 2. The molecule has 0 radical (unpaired) electrons. The predicted molar refractivity (Wildman–Crippen MR) is 142 cm³/mol. The van der Waals surface area contributed by atoms with Crippen molar-refractivity contribution in [3.05, 3.63) is 92.9 Å². The van der Waals surface area contributed by atoms with Crippen molar-refractivity contribution in [3.8, 4) is 0 Å². The molecule has 1 atom stereocenters. The van der Waals surface area contributed by atoms with Crippen molar-refractivity contribution in [2.45, 2.75) is 49.9 Å². The zero-order valence-electron chi connectivity index (χ0n) is 20.1. The zero-order valence-corrected chi connectivity index (χ0v) is 21.0. The lowest BCUT2D eigenvalue weighted by molar-refractivity contribution is -0.116. The van der Waals surface area contributed by atoms with Gasteiger partial charge in [0, 0.05) is 48.1 Å². The van der Waals surface area contributed by atoms with Gasteiger partial charge in [0.1, 0.15) is 5.82 Å². The Morgan fingerprint density at radius 3 is 2.46 bits per heavy atom. The Balaban J connectivity index is 1.54. The van der Waals surface area contributed by atoms with Crippen LogP contribution in [0.15, 0.2) is 75.8 Å². The molecular weight excluding hydrogens is 456 g/mol. The van der Waals surface area contributed by atoms with Crippen molar-refractivity contribution in [2.24, 2.45) is 0 Å². The molecule has 2 aromatic carbocycles. The first kappa shape index (κ1) is 23.4. The topological polar surface area (TPSA) is 78.1 Å². The number of thioether (sulfide) groups is 1. The van der Waals surface area contributed by atoms with Crippen LogP contribution in [-0.2, 0) is 10.5 Å². The first-order chi connectivity index (χ1) is 17.1. The maximum atomic E-state index is 13.4. The van der Waals surface area contributed by atoms with Gasteiger partial charge in [0.25, 0.3) is 5.56 Å². The number of Topliss-reactive ketones (excluding diaryl/α,β-unsaturated/α-hetero) is 1. The van der Waals surface area contributed by atoms with Crippen LogP contribution in [0.3, 0.4) is 0 Å². The van der Waals surface area contributed by atoms with Gasteiger partial charge in [-0.1, -0.05) is 54.2 Å². The molecule has 1 unspecified atom stereocenters. The monoisotopic (exact) mass is 486 g/mol. The van der Waals surface area contributed by atoms with E-state index in [9.17, 15) is 9.59 Å². The number of ketones is 1. The number of benzene rings is 2. The third-order valence-electron chi connectivity index (χ3n) is 6.81. The number of carbonyl (C=O) groups is 1. The fourth-order valence-corrected chi connectivity index (χ4v) is 5.85. The highest BCUT2D eigenvalue weighted by atomic mass is 32.2. The van der Waals surface area contributed by atoms with E-state index >= 15 is 0 Å². The molecule has 0 saturated carbocycles. The van der Waals surface area contributed by atoms with Crippen LogP contribution < -0.4 is 15.8 Å². The number of hydrogen-bond acceptors (Lipinski definition) is 6. The molecule has 35 heavy (non-hydrogen) atoms. The number of hydrogen-bond donors (Lipinski definition) is 2. The van der Waals surface area contributed by atoms with Crippen LogP contribution >= 0.6 is 11.8 Å². The summed E-state index contributed by atoms with van der Waals surface area (Å²) in [5.41, 5.74) is 5.21. The molecule has 2 aliphatic rings. The molecule has 0 fully saturated rings. The molecule has 2 N–H and O–H groups in total. The fraction of sp³-hybridized carbons (Fsp3) is 0.321. The van der Waals surface area contributed by atoms with Gasteiger partial charge < -0.3 is 15.2 Å². The van der Waals surface area contributed by atoms with Crippen molar-refractivity contribution >= 4 is 29.1 Å². The van der Waals surface area contributed by atoms with Crippen molar-refractivity contribution in [3.63, 3.8) is 0 Å². The second-order valence-corrected chi connectivity index (χ2v) is 9.86. The summed E-state index contributed by atoms with van der Waals surface area (Å²) < 4.78 is 0. The first-order valence-electron chi connectivity index (χ1n) is 12.3. The van der Waals surface area contributed by atoms with Gasteiger partial charge in [-0.25, -0.2) is 4.98 Å². The Bertz CT molecular complexity index is 1310. The molecule has 7 heteroatoms. The van der Waals surface area contributed by atoms with E-state index in [1.54, 1.807) is 0 Å². The van der Waals surface area contributed by atoms with Crippen LogP contribution in [0.2, 0.25) is 0 Å². The predicted octanol–water partition coefficient (Wildman–Crippen LogP) is 5.47. The number of H-pyrrole nitrogens is 1. The smallest absolute Gasteiger partial charge is 0.257 e. The number of anilines is 2. The summed E-state index contributed by atoms with van der Waals surface area (Å²) in [6.45, 7) is 6.12. The van der Waals surface area contributed by atoms with Crippen LogP contribution in [0.4, 0.5) is 11.5 Å². The first-order valence-corrected chi connectivity index (χ1v) is 13.3. The Kier molecular flexibility index (Phi) is 6.77. The van der Waals surface area contributed by atoms with E-state index in [0.717, 1.165) is 48.5 Å². The number of aromatic nitrogens is 2. The summed E-state index contributed by atoms with van der Waals surface area (Å²) in [4.78, 5) is 36.6. The highest BCUT2D eigenvalue weighted by Crippen LogP contribution is 2.43. The molecule has 1 aliphatic carbocycles. The average molecular weight is 487 g/mol. The Hall–Kier alpha value is -3.32. The van der Waals surface area contributed by atoms with Gasteiger partial charge in [0.15, 0.2) is 10.9 Å². The van der Waals surface area contributed by atoms with Gasteiger partial charge in [0.2, 0.25) is 0 Å². The minimum Gasteiger partial charge on any atom is -0.372 e. The van der Waals surface area contributed by atoms with Crippen molar-refractivity contribution in [1.29, 1.82) is 0 Å². The van der Waals surface area contributed by atoms with Crippen molar-refractivity contribution < 1.29 is 4.79 Å². The van der Waals surface area contributed by atoms with E-state index in [-0.39, 0.29) is 11.3 Å². The third kappa shape index (κ3) is 4.65. The number of nitrogens with zero attached hydrogens (tertiary/aromatic N) is 2. The zero-order chi connectivity index (χ0) is 24.4. The fourth-order valence-electron chi connectivity index (χ4n) is 5.03. The van der Waals surface area contributed by atoms with Gasteiger partial charge in [-0.2, -0.15) is 0 Å². The molecular formula is C28H30N4O2S. The van der Waals surface area contributed by atoms with Gasteiger partial charge >= 0.3 is 0 Å². The molecule has 3 aromatic rings. The molecule has 5 rings (SSSR count). The standard InChI is InChI=1S/C28H30N4O2S/c1-3-32(4-2)20-15-13-19(14-16-20)23-24-21(11-8-12-22(24)33)29-26-25(23)27(34)31-28(30-26)35-17-18-9-6-5-7-10-18/h5-7,9-10,13-16,23H,3-4,8,11-12,17H2,1-2H3,(H2,29,30,31,34). The number of carbonyl (C=O) groups excluding carboxylic acids is 1. The summed E-state index contributed by atoms with van der Waals surface area (Å²) >= 11 is 1.50. The van der Waals surface area contributed by atoms with Gasteiger partial charge in [-0.15, -0.1) is 0 Å². The van der Waals surface area contributed by atoms with E-state index in [4.69, 9.17) is 4.98 Å². The van der Waals surface area contributed by atoms with E-state index in [2.05, 4.69) is 65.4 Å². The summed E-state index contributed by atoms with van der Waals surface area (Å²) in [6, 6.07) is 18.4. The van der Waals surface area contributed by atoms with Crippen LogP contribution in [0.5, 0.6) is 0 Å². The summed E-state index contributed by atoms with van der Waals surface area (Å²) in [7, 11) is 0. The minimum atomic E-state index is -0.413. The minimum absolute atomic E-state index is 0.115. The molecule has 6 nitrogen and oxygen atoms in total. The lowest BCUT2D eigenvalue weighted by atomic mass is 9.76. The number of fused-ring (bicyclic) bond motifs is 1. The molecule has 180 valence electrons. The van der Waals surface area contributed by atoms with Crippen LogP contribution in [0.1, 0.15) is 55.7 Å². The summed E-state index contributed by atoms with van der Waals surface area (Å²) in [5.74, 6) is 0.981. The lowest BCUT2D eigenvalue weighted by Gasteiger charge is -2.33. The molecule has 0 spiro atoms. The van der Waals surface area contributed by atoms with E-state index in [1.165, 1.54) is 17.3 Å². The van der Waals surface area contributed by atoms with Gasteiger partial charge in [-0.3, -0.25) is 9.59 Å². The Morgan fingerprint density at radius 1 is 1.00 bits per heavy atom. The van der Waals surface area contributed by atoms with Gasteiger partial charge in [-0.05, 0) is 49.9 Å². The highest BCUT2D eigenvalue weighted by molar-refractivity contribution is 7.98. The number of nitrogens with one attached hydrogen (secondary N) is 2. The quantitative estimate of drug-likeness (QED) is 0.340. The second-order valence-electron chi connectivity index (χ2n) is 8.90. The van der Waals surface area contributed by atoms with E-state index in [0.29, 0.717) is 28.7 Å². The number of aromatic amines is 1. The highest BCUT2D eigenvalue weighted by Gasteiger charge is 2.37.